The van der Waals surface area contributed by atoms with Gasteiger partial charge in [0.25, 0.3) is 0 Å². The molecule has 3 rings (SSSR count). The summed E-state index contributed by atoms with van der Waals surface area (Å²) in [5.41, 5.74) is 9.66. The van der Waals surface area contributed by atoms with Crippen LogP contribution in [0.4, 0.5) is 4.39 Å². The molecule has 0 aromatic heterocycles. The Bertz CT molecular complexity index is 638. The Labute approximate surface area is 138 Å². The van der Waals surface area contributed by atoms with Gasteiger partial charge in [-0.05, 0) is 37.3 Å². The fourth-order valence-corrected chi connectivity index (χ4v) is 3.55. The van der Waals surface area contributed by atoms with Gasteiger partial charge in [-0.3, -0.25) is 4.90 Å². The summed E-state index contributed by atoms with van der Waals surface area (Å²) in [4.78, 5) is 2.30. The zero-order valence-corrected chi connectivity index (χ0v) is 13.7. The molecule has 1 saturated heterocycles. The minimum Gasteiger partial charge on any atom is -0.327 e. The second kappa shape index (κ2) is 7.24. The normalized spacial score (nSPS) is 22.2. The number of halogens is 1. The Hall–Kier alpha value is -1.71. The van der Waals surface area contributed by atoms with Gasteiger partial charge in [0.05, 0.1) is 0 Å². The second-order valence-corrected chi connectivity index (χ2v) is 6.84. The van der Waals surface area contributed by atoms with Crippen molar-refractivity contribution in [2.45, 2.75) is 32.4 Å². The predicted molar refractivity (Wildman–Crippen MR) is 92.6 cm³/mol. The largest absolute Gasteiger partial charge is 0.327 e. The SMILES string of the molecule is Cc1ccc(CC2CC(N)CN(Cc3ccccc3F)C2)cc1. The van der Waals surface area contributed by atoms with E-state index in [1.54, 1.807) is 6.07 Å². The maximum Gasteiger partial charge on any atom is 0.127 e. The lowest BCUT2D eigenvalue weighted by Crippen LogP contribution is -2.47. The average Bonchev–Trinajstić information content (AvgIpc) is 2.51. The molecule has 0 radical (unpaired) electrons. The van der Waals surface area contributed by atoms with Gasteiger partial charge in [-0.1, -0.05) is 48.0 Å². The smallest absolute Gasteiger partial charge is 0.127 e. The van der Waals surface area contributed by atoms with Crippen LogP contribution in [0.15, 0.2) is 48.5 Å². The minimum absolute atomic E-state index is 0.123. The van der Waals surface area contributed by atoms with Gasteiger partial charge in [-0.2, -0.15) is 0 Å². The highest BCUT2D eigenvalue weighted by atomic mass is 19.1. The fourth-order valence-electron chi connectivity index (χ4n) is 3.55. The Morgan fingerprint density at radius 1 is 1.09 bits per heavy atom. The summed E-state index contributed by atoms with van der Waals surface area (Å²) >= 11 is 0. The van der Waals surface area contributed by atoms with Crippen LogP contribution in [0.25, 0.3) is 0 Å². The van der Waals surface area contributed by atoms with E-state index in [0.717, 1.165) is 31.5 Å². The van der Waals surface area contributed by atoms with Crippen LogP contribution in [-0.2, 0) is 13.0 Å². The van der Waals surface area contributed by atoms with Crippen LogP contribution in [0, 0.1) is 18.7 Å². The van der Waals surface area contributed by atoms with Crippen LogP contribution < -0.4 is 5.73 Å². The topological polar surface area (TPSA) is 29.3 Å². The number of nitrogens with zero attached hydrogens (tertiary/aromatic N) is 1. The molecule has 0 aliphatic carbocycles. The van der Waals surface area contributed by atoms with Gasteiger partial charge in [0.1, 0.15) is 5.82 Å². The molecular formula is C20H25FN2. The monoisotopic (exact) mass is 312 g/mol. The van der Waals surface area contributed by atoms with E-state index < -0.39 is 0 Å². The quantitative estimate of drug-likeness (QED) is 0.936. The summed E-state index contributed by atoms with van der Waals surface area (Å²) in [6.07, 6.45) is 2.09. The van der Waals surface area contributed by atoms with Crippen molar-refractivity contribution < 1.29 is 4.39 Å². The standard InChI is InChI=1S/C20H25FN2/c1-15-6-8-16(9-7-15)10-17-11-19(22)14-23(12-17)13-18-4-2-3-5-20(18)21/h2-9,17,19H,10-14,22H2,1H3. The Morgan fingerprint density at radius 3 is 2.57 bits per heavy atom. The molecule has 2 aromatic carbocycles. The molecule has 1 heterocycles. The fraction of sp³-hybridized carbons (Fsp3) is 0.400. The summed E-state index contributed by atoms with van der Waals surface area (Å²) in [7, 11) is 0. The molecule has 1 aliphatic heterocycles. The van der Waals surface area contributed by atoms with Crippen LogP contribution in [-0.4, -0.2) is 24.0 Å². The number of hydrogen-bond donors (Lipinski definition) is 1. The van der Waals surface area contributed by atoms with E-state index in [4.69, 9.17) is 5.73 Å². The van der Waals surface area contributed by atoms with Gasteiger partial charge in [0.15, 0.2) is 0 Å². The lowest BCUT2D eigenvalue weighted by molar-refractivity contribution is 0.148. The number of piperidine rings is 1. The van der Waals surface area contributed by atoms with Crippen molar-refractivity contribution in [3.63, 3.8) is 0 Å². The number of likely N-dealkylation sites (tertiary alicyclic amines) is 1. The number of nitrogens with two attached hydrogens (primary N) is 1. The van der Waals surface area contributed by atoms with Crippen LogP contribution >= 0.6 is 0 Å². The third-order valence-corrected chi connectivity index (χ3v) is 4.64. The van der Waals surface area contributed by atoms with Gasteiger partial charge < -0.3 is 5.73 Å². The van der Waals surface area contributed by atoms with Crippen molar-refractivity contribution in [2.75, 3.05) is 13.1 Å². The van der Waals surface area contributed by atoms with E-state index in [-0.39, 0.29) is 11.9 Å². The van der Waals surface area contributed by atoms with Crippen molar-refractivity contribution in [3.8, 4) is 0 Å². The van der Waals surface area contributed by atoms with Crippen molar-refractivity contribution in [1.29, 1.82) is 0 Å². The molecule has 2 unspecified atom stereocenters. The highest BCUT2D eigenvalue weighted by molar-refractivity contribution is 5.22. The van der Waals surface area contributed by atoms with Crippen molar-refractivity contribution >= 4 is 0 Å². The molecular weight excluding hydrogens is 287 g/mol. The van der Waals surface area contributed by atoms with E-state index >= 15 is 0 Å². The zero-order valence-electron chi connectivity index (χ0n) is 13.7. The highest BCUT2D eigenvalue weighted by Gasteiger charge is 2.25. The third-order valence-electron chi connectivity index (χ3n) is 4.64. The predicted octanol–water partition coefficient (Wildman–Crippen LogP) is 3.53. The van der Waals surface area contributed by atoms with Gasteiger partial charge >= 0.3 is 0 Å². The molecule has 2 aromatic rings. The van der Waals surface area contributed by atoms with E-state index in [2.05, 4.69) is 36.1 Å². The molecule has 0 saturated carbocycles. The average molecular weight is 312 g/mol. The molecule has 1 fully saturated rings. The summed E-state index contributed by atoms with van der Waals surface area (Å²) in [6.45, 7) is 4.58. The maximum atomic E-state index is 13.9. The third kappa shape index (κ3) is 4.40. The summed E-state index contributed by atoms with van der Waals surface area (Å²) in [6, 6.07) is 15.9. The molecule has 0 bridgehead atoms. The van der Waals surface area contributed by atoms with Gasteiger partial charge in [0, 0.05) is 31.2 Å². The van der Waals surface area contributed by atoms with Crippen molar-refractivity contribution in [1.82, 2.24) is 4.90 Å². The Kier molecular flexibility index (Phi) is 5.09. The van der Waals surface area contributed by atoms with E-state index in [0.29, 0.717) is 12.5 Å². The Balaban J connectivity index is 1.64. The molecule has 0 amide bonds. The number of aryl methyl sites for hydroxylation is 1. The second-order valence-electron chi connectivity index (χ2n) is 6.84. The van der Waals surface area contributed by atoms with Crippen molar-refractivity contribution in [2.24, 2.45) is 11.7 Å². The number of rotatable bonds is 4. The van der Waals surface area contributed by atoms with Gasteiger partial charge in [-0.25, -0.2) is 4.39 Å². The van der Waals surface area contributed by atoms with Crippen LogP contribution in [0.3, 0.4) is 0 Å². The summed E-state index contributed by atoms with van der Waals surface area (Å²) in [5, 5.41) is 0. The molecule has 2 atom stereocenters. The summed E-state index contributed by atoms with van der Waals surface area (Å²) < 4.78 is 13.9. The first kappa shape index (κ1) is 16.2. The van der Waals surface area contributed by atoms with Crippen molar-refractivity contribution in [3.05, 3.63) is 71.0 Å². The van der Waals surface area contributed by atoms with E-state index in [1.807, 2.05) is 12.1 Å². The molecule has 1 aliphatic rings. The molecule has 0 spiro atoms. The van der Waals surface area contributed by atoms with Crippen LogP contribution in [0.1, 0.15) is 23.1 Å². The first-order chi connectivity index (χ1) is 11.1. The summed E-state index contributed by atoms with van der Waals surface area (Å²) in [5.74, 6) is 0.412. The maximum absolute atomic E-state index is 13.9. The minimum atomic E-state index is -0.123. The first-order valence-electron chi connectivity index (χ1n) is 8.37. The molecule has 2 N–H and O–H groups in total. The number of benzene rings is 2. The number of hydrogen-bond acceptors (Lipinski definition) is 2. The van der Waals surface area contributed by atoms with Gasteiger partial charge in [-0.15, -0.1) is 0 Å². The Morgan fingerprint density at radius 2 is 1.83 bits per heavy atom. The van der Waals surface area contributed by atoms with Crippen LogP contribution in [0.2, 0.25) is 0 Å². The molecule has 2 nitrogen and oxygen atoms in total. The zero-order chi connectivity index (χ0) is 16.2. The van der Waals surface area contributed by atoms with E-state index in [1.165, 1.54) is 17.2 Å². The molecule has 3 heteroatoms. The highest BCUT2D eigenvalue weighted by Crippen LogP contribution is 2.22. The van der Waals surface area contributed by atoms with Crippen LogP contribution in [0.5, 0.6) is 0 Å². The lowest BCUT2D eigenvalue weighted by atomic mass is 9.88. The van der Waals surface area contributed by atoms with E-state index in [9.17, 15) is 4.39 Å². The van der Waals surface area contributed by atoms with Gasteiger partial charge in [0.2, 0.25) is 0 Å². The molecule has 23 heavy (non-hydrogen) atoms. The first-order valence-corrected chi connectivity index (χ1v) is 8.37. The molecule has 122 valence electrons. The lowest BCUT2D eigenvalue weighted by Gasteiger charge is -2.36.